The van der Waals surface area contributed by atoms with Crippen molar-refractivity contribution in [1.29, 1.82) is 0 Å². The molecular weight excluding hydrogens is 240 g/mol. The Hall–Kier alpha value is -1.88. The van der Waals surface area contributed by atoms with E-state index in [-0.39, 0.29) is 6.04 Å². The number of nitrogens with two attached hydrogens (primary N) is 1. The molecule has 0 spiro atoms. The first-order valence-corrected chi connectivity index (χ1v) is 6.56. The number of rotatable bonds is 6. The topological polar surface area (TPSA) is 66.0 Å². The quantitative estimate of drug-likeness (QED) is 0.865. The molecule has 2 N–H and O–H groups in total. The van der Waals surface area contributed by atoms with E-state index in [1.165, 1.54) is 0 Å². The smallest absolute Gasteiger partial charge is 0.164 e. The molecule has 1 aromatic carbocycles. The predicted octanol–water partition coefficient (Wildman–Crippen LogP) is 2.29. The Kier molecular flexibility index (Phi) is 4.52. The second-order valence-corrected chi connectivity index (χ2v) is 4.51. The predicted molar refractivity (Wildman–Crippen MR) is 73.7 cm³/mol. The van der Waals surface area contributed by atoms with Crippen molar-refractivity contribution >= 4 is 0 Å². The van der Waals surface area contributed by atoms with Crippen LogP contribution in [-0.2, 0) is 13.2 Å². The van der Waals surface area contributed by atoms with Crippen LogP contribution in [0.5, 0.6) is 5.75 Å². The number of hydrogen-bond donors (Lipinski definition) is 1. The van der Waals surface area contributed by atoms with E-state index in [9.17, 15) is 0 Å². The summed E-state index contributed by atoms with van der Waals surface area (Å²) in [5.74, 6) is 1.64. The van der Waals surface area contributed by atoms with Crippen LogP contribution in [-0.4, -0.2) is 14.8 Å². The van der Waals surface area contributed by atoms with Gasteiger partial charge < -0.3 is 10.5 Å². The average molecular weight is 260 g/mol. The summed E-state index contributed by atoms with van der Waals surface area (Å²) in [4.78, 5) is 4.22. The Morgan fingerprint density at radius 1 is 1.37 bits per heavy atom. The van der Waals surface area contributed by atoms with Gasteiger partial charge in [0.2, 0.25) is 0 Å². The Labute approximate surface area is 113 Å². The first kappa shape index (κ1) is 13.5. The lowest BCUT2D eigenvalue weighted by Gasteiger charge is -2.13. The second kappa shape index (κ2) is 6.33. The molecular formula is C14H20N4O. The number of nitrogens with zero attached hydrogens (tertiary/aromatic N) is 3. The highest BCUT2D eigenvalue weighted by Gasteiger charge is 2.09. The standard InChI is InChI=1S/C14H20N4O/c1-3-8-18-14(16-10-17-18)9-19-13-7-5-4-6-12(13)11(2)15/h4-7,10-11H,3,8-9,15H2,1-2H3/t11-/m0/s1. The first-order valence-electron chi connectivity index (χ1n) is 6.56. The van der Waals surface area contributed by atoms with Crippen LogP contribution in [0.2, 0.25) is 0 Å². The molecule has 102 valence electrons. The number of hydrogen-bond acceptors (Lipinski definition) is 4. The number of aryl methyl sites for hydroxylation is 1. The van der Waals surface area contributed by atoms with Gasteiger partial charge in [0.05, 0.1) is 0 Å². The molecule has 2 rings (SSSR count). The van der Waals surface area contributed by atoms with Crippen molar-refractivity contribution in [2.45, 2.75) is 39.5 Å². The molecule has 1 aromatic heterocycles. The second-order valence-electron chi connectivity index (χ2n) is 4.51. The lowest BCUT2D eigenvalue weighted by molar-refractivity contribution is 0.282. The molecule has 0 amide bonds. The molecule has 0 aliphatic heterocycles. The van der Waals surface area contributed by atoms with Crippen molar-refractivity contribution in [3.8, 4) is 5.75 Å². The Bertz CT molecular complexity index is 522. The number of ether oxygens (including phenoxy) is 1. The van der Waals surface area contributed by atoms with Crippen LogP contribution >= 0.6 is 0 Å². The van der Waals surface area contributed by atoms with Crippen molar-refractivity contribution < 1.29 is 4.74 Å². The maximum atomic E-state index is 5.93. The molecule has 1 heterocycles. The summed E-state index contributed by atoms with van der Waals surface area (Å²) in [5.41, 5.74) is 6.93. The van der Waals surface area contributed by atoms with E-state index in [1.54, 1.807) is 6.33 Å². The van der Waals surface area contributed by atoms with Gasteiger partial charge in [0, 0.05) is 18.2 Å². The van der Waals surface area contributed by atoms with Gasteiger partial charge >= 0.3 is 0 Å². The number of aromatic nitrogens is 3. The molecule has 0 saturated carbocycles. The lowest BCUT2D eigenvalue weighted by atomic mass is 10.1. The third-order valence-corrected chi connectivity index (χ3v) is 2.90. The van der Waals surface area contributed by atoms with Gasteiger partial charge in [-0.1, -0.05) is 25.1 Å². The molecule has 0 fully saturated rings. The van der Waals surface area contributed by atoms with Gasteiger partial charge in [-0.05, 0) is 19.4 Å². The maximum Gasteiger partial charge on any atom is 0.164 e. The van der Waals surface area contributed by atoms with E-state index in [2.05, 4.69) is 17.0 Å². The highest BCUT2D eigenvalue weighted by atomic mass is 16.5. The highest BCUT2D eigenvalue weighted by Crippen LogP contribution is 2.23. The van der Waals surface area contributed by atoms with Gasteiger partial charge in [-0.25, -0.2) is 9.67 Å². The average Bonchev–Trinajstić information content (AvgIpc) is 2.84. The van der Waals surface area contributed by atoms with Gasteiger partial charge in [0.1, 0.15) is 18.7 Å². The summed E-state index contributed by atoms with van der Waals surface area (Å²) in [7, 11) is 0. The zero-order valence-corrected chi connectivity index (χ0v) is 11.4. The summed E-state index contributed by atoms with van der Waals surface area (Å²) < 4.78 is 7.70. The van der Waals surface area contributed by atoms with Crippen molar-refractivity contribution in [3.05, 3.63) is 42.0 Å². The van der Waals surface area contributed by atoms with Crippen LogP contribution in [0.4, 0.5) is 0 Å². The van der Waals surface area contributed by atoms with E-state index in [0.29, 0.717) is 6.61 Å². The molecule has 19 heavy (non-hydrogen) atoms. The van der Waals surface area contributed by atoms with Crippen molar-refractivity contribution in [2.75, 3.05) is 0 Å². The lowest BCUT2D eigenvalue weighted by Crippen LogP contribution is -2.11. The highest BCUT2D eigenvalue weighted by molar-refractivity contribution is 5.35. The molecule has 0 bridgehead atoms. The van der Waals surface area contributed by atoms with Crippen LogP contribution in [0, 0.1) is 0 Å². The summed E-state index contributed by atoms with van der Waals surface area (Å²) >= 11 is 0. The molecule has 0 radical (unpaired) electrons. The molecule has 5 nitrogen and oxygen atoms in total. The van der Waals surface area contributed by atoms with Gasteiger partial charge in [0.15, 0.2) is 5.82 Å². The minimum absolute atomic E-state index is 0.0512. The van der Waals surface area contributed by atoms with Crippen LogP contribution in [0.3, 0.4) is 0 Å². The number of benzene rings is 1. The van der Waals surface area contributed by atoms with Gasteiger partial charge in [-0.15, -0.1) is 0 Å². The van der Waals surface area contributed by atoms with E-state index < -0.39 is 0 Å². The molecule has 0 aliphatic carbocycles. The fourth-order valence-corrected chi connectivity index (χ4v) is 1.93. The molecule has 2 aromatic rings. The van der Waals surface area contributed by atoms with Crippen LogP contribution < -0.4 is 10.5 Å². The summed E-state index contributed by atoms with van der Waals surface area (Å²) in [6.45, 7) is 5.32. The van der Waals surface area contributed by atoms with Crippen molar-refractivity contribution in [2.24, 2.45) is 5.73 Å². The summed E-state index contributed by atoms with van der Waals surface area (Å²) in [6.07, 6.45) is 2.58. The zero-order chi connectivity index (χ0) is 13.7. The Morgan fingerprint density at radius 3 is 2.89 bits per heavy atom. The van der Waals surface area contributed by atoms with E-state index >= 15 is 0 Å². The van der Waals surface area contributed by atoms with Gasteiger partial charge in [-0.2, -0.15) is 5.10 Å². The largest absolute Gasteiger partial charge is 0.485 e. The normalized spacial score (nSPS) is 12.4. The summed E-state index contributed by atoms with van der Waals surface area (Å²) in [5, 5.41) is 4.18. The third kappa shape index (κ3) is 3.32. The van der Waals surface area contributed by atoms with Gasteiger partial charge in [0.25, 0.3) is 0 Å². The van der Waals surface area contributed by atoms with E-state index in [4.69, 9.17) is 10.5 Å². The molecule has 1 atom stereocenters. The molecule has 0 unspecified atom stereocenters. The number of para-hydroxylation sites is 1. The van der Waals surface area contributed by atoms with E-state index in [1.807, 2.05) is 35.9 Å². The van der Waals surface area contributed by atoms with E-state index in [0.717, 1.165) is 30.1 Å². The zero-order valence-electron chi connectivity index (χ0n) is 11.4. The van der Waals surface area contributed by atoms with Crippen LogP contribution in [0.25, 0.3) is 0 Å². The first-order chi connectivity index (χ1) is 9.22. The van der Waals surface area contributed by atoms with Crippen LogP contribution in [0.1, 0.15) is 37.7 Å². The van der Waals surface area contributed by atoms with Crippen molar-refractivity contribution in [3.63, 3.8) is 0 Å². The van der Waals surface area contributed by atoms with Gasteiger partial charge in [-0.3, -0.25) is 0 Å². The monoisotopic (exact) mass is 260 g/mol. The fraction of sp³-hybridized carbons (Fsp3) is 0.429. The molecule has 0 aliphatic rings. The molecule has 0 saturated heterocycles. The Balaban J connectivity index is 2.08. The van der Waals surface area contributed by atoms with Crippen molar-refractivity contribution in [1.82, 2.24) is 14.8 Å². The molecule has 5 heteroatoms. The van der Waals surface area contributed by atoms with Crippen LogP contribution in [0.15, 0.2) is 30.6 Å². The maximum absolute atomic E-state index is 5.93. The minimum Gasteiger partial charge on any atom is -0.485 e. The summed E-state index contributed by atoms with van der Waals surface area (Å²) in [6, 6.07) is 7.77. The SMILES string of the molecule is CCCn1ncnc1COc1ccccc1[C@H](C)N. The minimum atomic E-state index is -0.0512. The Morgan fingerprint density at radius 2 is 2.16 bits per heavy atom. The third-order valence-electron chi connectivity index (χ3n) is 2.90. The fourth-order valence-electron chi connectivity index (χ4n) is 1.93.